The molecule has 4 rings (SSSR count). The molecule has 158 valence electrons. The van der Waals surface area contributed by atoms with Gasteiger partial charge in [0.25, 0.3) is 0 Å². The predicted molar refractivity (Wildman–Crippen MR) is 127 cm³/mol. The molecule has 0 unspecified atom stereocenters. The molecule has 4 aromatic rings. The van der Waals surface area contributed by atoms with Gasteiger partial charge in [-0.1, -0.05) is 23.5 Å². The molecule has 0 spiro atoms. The van der Waals surface area contributed by atoms with Crippen molar-refractivity contribution in [1.82, 2.24) is 25.1 Å². The van der Waals surface area contributed by atoms with Crippen LogP contribution in [-0.4, -0.2) is 31.3 Å². The van der Waals surface area contributed by atoms with Gasteiger partial charge in [0.1, 0.15) is 0 Å². The van der Waals surface area contributed by atoms with Gasteiger partial charge in [-0.2, -0.15) is 9.78 Å². The van der Waals surface area contributed by atoms with Crippen molar-refractivity contribution in [2.24, 2.45) is 0 Å². The summed E-state index contributed by atoms with van der Waals surface area (Å²) < 4.78 is 1.42. The number of hydrogen-bond donors (Lipinski definition) is 2. The molecule has 3 N–H and O–H groups in total. The molecule has 0 aliphatic heterocycles. The third-order valence-corrected chi connectivity index (χ3v) is 5.59. The van der Waals surface area contributed by atoms with E-state index in [1.165, 1.54) is 16.0 Å². The predicted octanol–water partition coefficient (Wildman–Crippen LogP) is 4.97. The molecule has 7 nitrogen and oxygen atoms in total. The molecular formula is C23H24N6OS. The van der Waals surface area contributed by atoms with E-state index in [-0.39, 0.29) is 11.6 Å². The Labute approximate surface area is 184 Å². The molecule has 31 heavy (non-hydrogen) atoms. The molecule has 0 aliphatic rings. The Morgan fingerprint density at radius 1 is 1.19 bits per heavy atom. The maximum absolute atomic E-state index is 13.0. The number of benzene rings is 1. The molecular weight excluding hydrogens is 408 g/mol. The van der Waals surface area contributed by atoms with Gasteiger partial charge in [0.15, 0.2) is 5.13 Å². The second kappa shape index (κ2) is 7.96. The highest BCUT2D eigenvalue weighted by Gasteiger charge is 2.20. The van der Waals surface area contributed by atoms with Crippen LogP contribution in [0.3, 0.4) is 0 Å². The summed E-state index contributed by atoms with van der Waals surface area (Å²) in [5, 5.41) is 8.98. The fraction of sp³-hybridized carbons (Fsp3) is 0.217. The topological polar surface area (TPSA) is 98.7 Å². The Bertz CT molecular complexity index is 1280. The van der Waals surface area contributed by atoms with Crippen LogP contribution in [0.1, 0.15) is 37.9 Å². The van der Waals surface area contributed by atoms with E-state index in [1.54, 1.807) is 6.20 Å². The zero-order valence-corrected chi connectivity index (χ0v) is 18.7. The smallest absolute Gasteiger partial charge is 0.343 e. The van der Waals surface area contributed by atoms with Crippen molar-refractivity contribution in [3.63, 3.8) is 0 Å². The Balaban J connectivity index is 1.84. The van der Waals surface area contributed by atoms with Gasteiger partial charge >= 0.3 is 6.03 Å². The third kappa shape index (κ3) is 4.49. The van der Waals surface area contributed by atoms with Crippen molar-refractivity contribution in [1.29, 1.82) is 0 Å². The zero-order chi connectivity index (χ0) is 22.2. The summed E-state index contributed by atoms with van der Waals surface area (Å²) in [5.74, 6) is 0. The summed E-state index contributed by atoms with van der Waals surface area (Å²) in [6, 6.07) is 11.4. The van der Waals surface area contributed by atoms with Crippen molar-refractivity contribution in [2.75, 3.05) is 5.73 Å². The van der Waals surface area contributed by atoms with Crippen LogP contribution in [0.2, 0.25) is 0 Å². The average Bonchev–Trinajstić information content (AvgIpc) is 3.24. The number of fused-ring (bicyclic) bond motifs is 1. The lowest BCUT2D eigenvalue weighted by molar-refractivity contribution is 0.231. The lowest BCUT2D eigenvalue weighted by Gasteiger charge is -2.20. The lowest BCUT2D eigenvalue weighted by atomic mass is 10.1. The quantitative estimate of drug-likeness (QED) is 0.476. The monoisotopic (exact) mass is 432 g/mol. The fourth-order valence-electron chi connectivity index (χ4n) is 3.26. The van der Waals surface area contributed by atoms with Gasteiger partial charge in [-0.15, -0.1) is 0 Å². The molecule has 0 saturated carbocycles. The van der Waals surface area contributed by atoms with Crippen molar-refractivity contribution in [3.8, 4) is 10.4 Å². The van der Waals surface area contributed by atoms with Crippen LogP contribution in [0.25, 0.3) is 33.5 Å². The second-order valence-electron chi connectivity index (χ2n) is 8.26. The Hall–Kier alpha value is -3.52. The van der Waals surface area contributed by atoms with Crippen molar-refractivity contribution in [2.45, 2.75) is 33.2 Å². The molecule has 1 amide bonds. The minimum Gasteiger partial charge on any atom is -0.375 e. The van der Waals surface area contributed by atoms with Crippen LogP contribution in [0.5, 0.6) is 0 Å². The first kappa shape index (κ1) is 20.7. The van der Waals surface area contributed by atoms with Gasteiger partial charge in [-0.05, 0) is 69.7 Å². The summed E-state index contributed by atoms with van der Waals surface area (Å²) in [4.78, 5) is 22.6. The first-order chi connectivity index (χ1) is 14.7. The first-order valence-electron chi connectivity index (χ1n) is 9.89. The van der Waals surface area contributed by atoms with Crippen LogP contribution in [0.15, 0.2) is 42.6 Å². The highest BCUT2D eigenvalue weighted by molar-refractivity contribution is 7.18. The first-order valence-corrected chi connectivity index (χ1v) is 10.7. The van der Waals surface area contributed by atoms with E-state index in [1.807, 2.05) is 76.2 Å². The number of rotatable bonds is 3. The van der Waals surface area contributed by atoms with Gasteiger partial charge in [-0.3, -0.25) is 4.98 Å². The Morgan fingerprint density at radius 3 is 2.65 bits per heavy atom. The second-order valence-corrected chi connectivity index (χ2v) is 9.29. The number of nitrogens with zero attached hydrogens (tertiary/aromatic N) is 4. The molecule has 3 heterocycles. The number of thiazole rings is 1. The summed E-state index contributed by atoms with van der Waals surface area (Å²) >= 11 is 1.43. The summed E-state index contributed by atoms with van der Waals surface area (Å²) in [7, 11) is 0. The average molecular weight is 433 g/mol. The minimum absolute atomic E-state index is 0.285. The molecule has 0 bridgehead atoms. The number of nitrogens with two attached hydrogens (primary N) is 1. The number of nitrogen functional groups attached to an aromatic ring is 1. The SMILES string of the molecule is Cc1nc(N)sc1-c1ccc2c(/C=C/c3ccccn3)nn(C(=O)NC(C)(C)C)c2c1. The van der Waals surface area contributed by atoms with Gasteiger partial charge in [0.2, 0.25) is 0 Å². The van der Waals surface area contributed by atoms with Gasteiger partial charge in [0.05, 0.1) is 27.5 Å². The number of carbonyl (C=O) groups excluding carboxylic acids is 1. The van der Waals surface area contributed by atoms with E-state index in [9.17, 15) is 4.79 Å². The van der Waals surface area contributed by atoms with E-state index in [4.69, 9.17) is 5.73 Å². The number of aryl methyl sites for hydroxylation is 1. The van der Waals surface area contributed by atoms with E-state index < -0.39 is 0 Å². The van der Waals surface area contributed by atoms with E-state index in [2.05, 4.69) is 20.4 Å². The van der Waals surface area contributed by atoms with Crippen LogP contribution < -0.4 is 11.1 Å². The number of nitrogens with one attached hydrogen (secondary N) is 1. The summed E-state index contributed by atoms with van der Waals surface area (Å²) in [6.07, 6.45) is 5.50. The largest absolute Gasteiger partial charge is 0.375 e. The number of anilines is 1. The van der Waals surface area contributed by atoms with Crippen LogP contribution in [0, 0.1) is 6.92 Å². The van der Waals surface area contributed by atoms with E-state index >= 15 is 0 Å². The van der Waals surface area contributed by atoms with Crippen molar-refractivity contribution < 1.29 is 4.79 Å². The van der Waals surface area contributed by atoms with Crippen LogP contribution >= 0.6 is 11.3 Å². The molecule has 3 aromatic heterocycles. The Morgan fingerprint density at radius 2 is 2.00 bits per heavy atom. The van der Waals surface area contributed by atoms with Crippen molar-refractivity contribution in [3.05, 3.63) is 59.7 Å². The standard InChI is InChI=1S/C23H24N6OS/c1-14-20(31-21(24)26-14)15-8-10-17-18(11-9-16-7-5-6-12-25-16)28-29(19(17)13-15)22(30)27-23(2,3)4/h5-13H,1-4H3,(H2,24,26)(H,27,30)/b11-9+. The molecule has 8 heteroatoms. The molecule has 0 atom stereocenters. The van der Waals surface area contributed by atoms with E-state index in [0.717, 1.165) is 27.2 Å². The fourth-order valence-corrected chi connectivity index (χ4v) is 4.09. The van der Waals surface area contributed by atoms with Crippen LogP contribution in [-0.2, 0) is 0 Å². The number of aromatic nitrogens is 4. The molecule has 0 aliphatic carbocycles. The van der Waals surface area contributed by atoms with Gasteiger partial charge in [-0.25, -0.2) is 9.78 Å². The maximum Gasteiger partial charge on any atom is 0.343 e. The Kier molecular flexibility index (Phi) is 5.32. The number of amides is 1. The molecule has 0 saturated heterocycles. The normalized spacial score (nSPS) is 12.0. The van der Waals surface area contributed by atoms with Crippen LogP contribution in [0.4, 0.5) is 9.93 Å². The maximum atomic E-state index is 13.0. The number of hydrogen-bond acceptors (Lipinski definition) is 6. The third-order valence-electron chi connectivity index (χ3n) is 4.56. The summed E-state index contributed by atoms with van der Waals surface area (Å²) in [6.45, 7) is 7.74. The molecule has 0 radical (unpaired) electrons. The molecule has 1 aromatic carbocycles. The minimum atomic E-state index is -0.389. The highest BCUT2D eigenvalue weighted by Crippen LogP contribution is 2.34. The molecule has 0 fully saturated rings. The van der Waals surface area contributed by atoms with Crippen molar-refractivity contribution >= 4 is 45.6 Å². The number of carbonyl (C=O) groups is 1. The lowest BCUT2D eigenvalue weighted by Crippen LogP contribution is -2.43. The summed E-state index contributed by atoms with van der Waals surface area (Å²) in [5.41, 5.74) is 9.53. The van der Waals surface area contributed by atoms with Gasteiger partial charge in [0, 0.05) is 17.1 Å². The highest BCUT2D eigenvalue weighted by atomic mass is 32.1. The zero-order valence-electron chi connectivity index (χ0n) is 17.9. The van der Waals surface area contributed by atoms with E-state index in [0.29, 0.717) is 16.3 Å². The van der Waals surface area contributed by atoms with Gasteiger partial charge < -0.3 is 11.1 Å². The number of pyridine rings is 1.